The maximum Gasteiger partial charge on any atom is 0.380 e. The van der Waals surface area contributed by atoms with Gasteiger partial charge in [0.2, 0.25) is 0 Å². The molecule has 0 atom stereocenters. The Bertz CT molecular complexity index is 217. The van der Waals surface area contributed by atoms with Crippen LogP contribution in [-0.4, -0.2) is 30.8 Å². The summed E-state index contributed by atoms with van der Waals surface area (Å²) in [5.41, 5.74) is 0. The first kappa shape index (κ1) is 14.7. The third-order valence-corrected chi connectivity index (χ3v) is 1.50. The summed E-state index contributed by atoms with van der Waals surface area (Å²) < 4.78 is 99.2. The summed E-state index contributed by atoms with van der Waals surface area (Å²) in [6.07, 6.45) is -4.94. The molecule has 0 fully saturated rings. The van der Waals surface area contributed by atoms with Crippen LogP contribution in [0.25, 0.3) is 0 Å². The van der Waals surface area contributed by atoms with Crippen LogP contribution in [0.2, 0.25) is 0 Å². The highest BCUT2D eigenvalue weighted by molar-refractivity contribution is 6.07. The van der Waals surface area contributed by atoms with Crippen molar-refractivity contribution in [2.45, 2.75) is 24.2 Å². The highest BCUT2D eigenvalue weighted by Gasteiger charge is 2.75. The van der Waals surface area contributed by atoms with Crippen molar-refractivity contribution in [3.8, 4) is 0 Å². The average molecular weight is 267 g/mol. The summed E-state index contributed by atoms with van der Waals surface area (Å²) in [4.78, 5) is 0. The van der Waals surface area contributed by atoms with Crippen LogP contribution in [0.15, 0.2) is 0 Å². The minimum Gasteiger partial charge on any atom is -0.273 e. The van der Waals surface area contributed by atoms with Gasteiger partial charge in [-0.1, -0.05) is 0 Å². The van der Waals surface area contributed by atoms with Crippen LogP contribution >= 0.6 is 11.9 Å². The molecule has 0 heterocycles. The van der Waals surface area contributed by atoms with Gasteiger partial charge in [0.1, 0.15) is 6.61 Å². The first-order valence-electron chi connectivity index (χ1n) is 3.16. The summed E-state index contributed by atoms with van der Waals surface area (Å²) in [6, 6.07) is 0. The Balaban J connectivity index is 5.11. The zero-order chi connectivity index (χ0) is 12.5. The molecule has 0 aliphatic carbocycles. The quantitative estimate of drug-likeness (QED) is 0.694. The molecule has 0 aliphatic rings. The van der Waals surface area contributed by atoms with Crippen molar-refractivity contribution in [3.63, 3.8) is 0 Å². The van der Waals surface area contributed by atoms with E-state index in [1.165, 1.54) is 0 Å². The first-order valence-corrected chi connectivity index (χ1v) is 3.46. The number of hydrogen-bond donors (Lipinski definition) is 0. The SMILES string of the molecule is FC(F)C(F)(F)C(F)(F)C(F)(F)COCl. The predicted molar refractivity (Wildman–Crippen MR) is 32.7 cm³/mol. The second kappa shape index (κ2) is 4.28. The van der Waals surface area contributed by atoms with E-state index < -0.39 is 30.8 Å². The Kier molecular flexibility index (Phi) is 4.19. The van der Waals surface area contributed by atoms with E-state index in [9.17, 15) is 35.1 Å². The van der Waals surface area contributed by atoms with Gasteiger partial charge in [0.25, 0.3) is 0 Å². The zero-order valence-corrected chi connectivity index (χ0v) is 7.35. The molecule has 0 aromatic carbocycles. The minimum atomic E-state index is -6.26. The van der Waals surface area contributed by atoms with Crippen LogP contribution in [0.1, 0.15) is 0 Å². The van der Waals surface area contributed by atoms with Crippen LogP contribution in [0.3, 0.4) is 0 Å². The lowest BCUT2D eigenvalue weighted by atomic mass is 10.1. The zero-order valence-electron chi connectivity index (χ0n) is 6.59. The largest absolute Gasteiger partial charge is 0.380 e. The molecule has 0 spiro atoms. The molecule has 10 heteroatoms. The van der Waals surface area contributed by atoms with Crippen LogP contribution < -0.4 is 0 Å². The second-order valence-electron chi connectivity index (χ2n) is 2.46. The van der Waals surface area contributed by atoms with Crippen molar-refractivity contribution in [1.29, 1.82) is 0 Å². The number of halogens is 9. The molecule has 0 aromatic heterocycles. The maximum absolute atomic E-state index is 12.3. The lowest BCUT2D eigenvalue weighted by Crippen LogP contribution is -2.59. The molecule has 0 bridgehead atoms. The highest BCUT2D eigenvalue weighted by Crippen LogP contribution is 2.48. The van der Waals surface area contributed by atoms with Crippen LogP contribution in [0, 0.1) is 0 Å². The van der Waals surface area contributed by atoms with Gasteiger partial charge in [-0.25, -0.2) is 8.78 Å². The van der Waals surface area contributed by atoms with E-state index in [-0.39, 0.29) is 0 Å². The van der Waals surface area contributed by atoms with E-state index in [4.69, 9.17) is 0 Å². The highest BCUT2D eigenvalue weighted by atomic mass is 35.5. The normalized spacial score (nSPS) is 14.8. The van der Waals surface area contributed by atoms with Crippen molar-refractivity contribution in [2.75, 3.05) is 6.61 Å². The first-order chi connectivity index (χ1) is 6.50. The second-order valence-corrected chi connectivity index (χ2v) is 2.67. The van der Waals surface area contributed by atoms with Gasteiger partial charge in [0.15, 0.2) is 0 Å². The average Bonchev–Trinajstić information content (AvgIpc) is 2.02. The minimum absolute atomic E-state index is 2.32. The smallest absolute Gasteiger partial charge is 0.273 e. The molecular formula is C5H3ClF8O. The summed E-state index contributed by atoms with van der Waals surface area (Å²) in [7, 11) is 0. The maximum atomic E-state index is 12.3. The topological polar surface area (TPSA) is 9.23 Å². The lowest BCUT2D eigenvalue weighted by molar-refractivity contribution is -0.342. The van der Waals surface area contributed by atoms with E-state index in [0.29, 0.717) is 0 Å². The van der Waals surface area contributed by atoms with Gasteiger partial charge in [0.05, 0.1) is 11.9 Å². The van der Waals surface area contributed by atoms with Crippen molar-refractivity contribution in [3.05, 3.63) is 0 Å². The molecule has 0 saturated heterocycles. The van der Waals surface area contributed by atoms with Crippen molar-refractivity contribution < 1.29 is 39.4 Å². The molecule has 15 heavy (non-hydrogen) atoms. The fourth-order valence-corrected chi connectivity index (χ4v) is 0.677. The van der Waals surface area contributed by atoms with Gasteiger partial charge in [-0.05, 0) is 0 Å². The molecule has 0 aliphatic heterocycles. The van der Waals surface area contributed by atoms with E-state index in [1.54, 1.807) is 0 Å². The van der Waals surface area contributed by atoms with Crippen molar-refractivity contribution in [1.82, 2.24) is 0 Å². The van der Waals surface area contributed by atoms with E-state index in [2.05, 4.69) is 16.2 Å². The van der Waals surface area contributed by atoms with E-state index in [1.807, 2.05) is 0 Å². The van der Waals surface area contributed by atoms with E-state index in [0.717, 1.165) is 0 Å². The number of alkyl halides is 8. The molecule has 1 nitrogen and oxygen atoms in total. The Morgan fingerprint density at radius 3 is 1.67 bits per heavy atom. The molecule has 0 N–H and O–H groups in total. The summed E-state index contributed by atoms with van der Waals surface area (Å²) in [6.45, 7) is -2.32. The van der Waals surface area contributed by atoms with Crippen LogP contribution in [-0.2, 0) is 4.29 Å². The Morgan fingerprint density at radius 1 is 1.00 bits per heavy atom. The fourth-order valence-electron chi connectivity index (χ4n) is 0.540. The van der Waals surface area contributed by atoms with Gasteiger partial charge >= 0.3 is 24.2 Å². The Hall–Kier alpha value is -0.310. The standard InChI is InChI=1S/C5H3ClF8O/c6-15-1-3(9,10)5(13,14)4(11,12)2(7)8/h2H,1H2. The third-order valence-electron chi connectivity index (χ3n) is 1.39. The summed E-state index contributed by atoms with van der Waals surface area (Å²) in [5.74, 6) is -17.9. The van der Waals surface area contributed by atoms with Gasteiger partial charge in [-0.2, -0.15) is 26.3 Å². The Morgan fingerprint density at radius 2 is 1.40 bits per heavy atom. The summed E-state index contributed by atoms with van der Waals surface area (Å²) in [5, 5.41) is 0. The predicted octanol–water partition coefficient (Wildman–Crippen LogP) is 3.33. The van der Waals surface area contributed by atoms with Gasteiger partial charge in [0, 0.05) is 0 Å². The molecule has 0 aromatic rings. The van der Waals surface area contributed by atoms with Crippen molar-refractivity contribution >= 4 is 11.9 Å². The van der Waals surface area contributed by atoms with Crippen molar-refractivity contribution in [2.24, 2.45) is 0 Å². The Labute approximate surface area is 83.1 Å². The van der Waals surface area contributed by atoms with Crippen LogP contribution in [0.4, 0.5) is 35.1 Å². The fraction of sp³-hybridized carbons (Fsp3) is 1.00. The molecule has 0 radical (unpaired) electrons. The number of hydrogen-bond acceptors (Lipinski definition) is 1. The van der Waals surface area contributed by atoms with Gasteiger partial charge in [-0.15, -0.1) is 0 Å². The third kappa shape index (κ3) is 2.44. The monoisotopic (exact) mass is 266 g/mol. The van der Waals surface area contributed by atoms with E-state index >= 15 is 0 Å². The molecule has 0 amide bonds. The molecule has 0 unspecified atom stereocenters. The molecule has 0 rings (SSSR count). The molecule has 92 valence electrons. The summed E-state index contributed by atoms with van der Waals surface area (Å²) >= 11 is 4.18. The lowest BCUT2D eigenvalue weighted by Gasteiger charge is -2.31. The van der Waals surface area contributed by atoms with Crippen LogP contribution in [0.5, 0.6) is 0 Å². The number of rotatable bonds is 5. The molecule has 0 saturated carbocycles. The molecular weight excluding hydrogens is 263 g/mol. The van der Waals surface area contributed by atoms with Gasteiger partial charge in [-0.3, -0.25) is 4.29 Å². The van der Waals surface area contributed by atoms with Gasteiger partial charge < -0.3 is 0 Å².